The fraction of sp³-hybridized carbons (Fsp3) is 0.462. The smallest absolute Gasteiger partial charge is 0.275 e. The van der Waals surface area contributed by atoms with E-state index in [0.717, 1.165) is 23.2 Å². The van der Waals surface area contributed by atoms with Crippen molar-refractivity contribution in [3.63, 3.8) is 0 Å². The average Bonchev–Trinajstić information content (AvgIpc) is 3.48. The lowest BCUT2D eigenvalue weighted by molar-refractivity contribution is -0.133. The van der Waals surface area contributed by atoms with Gasteiger partial charge in [-0.05, 0) is 37.3 Å². The SMILES string of the molecule is CNC(=O)CCCCC(F)(F)[C@@H](NC(=O)C1CCC1)c1ncc(-c2ccc(-c3ccn(C)n3)cc2)[nH]1. The van der Waals surface area contributed by atoms with E-state index in [4.69, 9.17) is 0 Å². The number of amides is 2. The van der Waals surface area contributed by atoms with Gasteiger partial charge >= 0.3 is 0 Å². The van der Waals surface area contributed by atoms with Crippen molar-refractivity contribution in [3.05, 3.63) is 48.5 Å². The number of aromatic nitrogens is 4. The zero-order valence-electron chi connectivity index (χ0n) is 20.6. The number of aromatic amines is 1. The van der Waals surface area contributed by atoms with Gasteiger partial charge in [-0.2, -0.15) is 5.10 Å². The van der Waals surface area contributed by atoms with Crippen LogP contribution in [0, 0.1) is 5.92 Å². The molecule has 1 saturated carbocycles. The molecule has 0 bridgehead atoms. The van der Waals surface area contributed by atoms with Crippen molar-refractivity contribution in [3.8, 4) is 22.5 Å². The summed E-state index contributed by atoms with van der Waals surface area (Å²) in [5.74, 6) is -4.00. The first-order valence-corrected chi connectivity index (χ1v) is 12.3. The lowest BCUT2D eigenvalue weighted by Crippen LogP contribution is -2.44. The van der Waals surface area contributed by atoms with Crippen LogP contribution in [0.4, 0.5) is 8.78 Å². The first-order chi connectivity index (χ1) is 17.3. The van der Waals surface area contributed by atoms with Crippen LogP contribution in [0.3, 0.4) is 0 Å². The van der Waals surface area contributed by atoms with Gasteiger partial charge in [-0.15, -0.1) is 0 Å². The molecule has 4 rings (SSSR count). The topological polar surface area (TPSA) is 105 Å². The maximum absolute atomic E-state index is 15.4. The number of unbranched alkanes of at least 4 members (excludes halogenated alkanes) is 1. The zero-order valence-corrected chi connectivity index (χ0v) is 20.6. The summed E-state index contributed by atoms with van der Waals surface area (Å²) in [4.78, 5) is 31.3. The third kappa shape index (κ3) is 5.98. The summed E-state index contributed by atoms with van der Waals surface area (Å²) in [6, 6.07) is 7.91. The molecule has 0 saturated heterocycles. The van der Waals surface area contributed by atoms with Crippen molar-refractivity contribution in [2.45, 2.75) is 56.9 Å². The van der Waals surface area contributed by atoms with E-state index in [0.29, 0.717) is 25.0 Å². The van der Waals surface area contributed by atoms with Crippen LogP contribution in [0.15, 0.2) is 42.7 Å². The largest absolute Gasteiger partial charge is 0.359 e. The van der Waals surface area contributed by atoms with Gasteiger partial charge in [0.2, 0.25) is 11.8 Å². The van der Waals surface area contributed by atoms with Gasteiger partial charge in [0, 0.05) is 44.6 Å². The number of carbonyl (C=O) groups is 2. The molecule has 2 aromatic heterocycles. The Bertz CT molecular complexity index is 1180. The fourth-order valence-corrected chi connectivity index (χ4v) is 4.24. The molecule has 10 heteroatoms. The number of imidazole rings is 1. The number of carbonyl (C=O) groups excluding carboxylic acids is 2. The predicted octanol–water partition coefficient (Wildman–Crippen LogP) is 4.38. The second-order valence-electron chi connectivity index (χ2n) is 9.34. The molecule has 2 amide bonds. The Balaban J connectivity index is 1.50. The van der Waals surface area contributed by atoms with E-state index >= 15 is 8.78 Å². The normalized spacial score (nSPS) is 14.8. The van der Waals surface area contributed by atoms with E-state index in [1.807, 2.05) is 43.6 Å². The quantitative estimate of drug-likeness (QED) is 0.341. The van der Waals surface area contributed by atoms with Gasteiger partial charge in [0.15, 0.2) is 6.04 Å². The van der Waals surface area contributed by atoms with E-state index in [1.54, 1.807) is 4.68 Å². The summed E-state index contributed by atoms with van der Waals surface area (Å²) in [6.45, 7) is 0. The average molecular weight is 499 g/mol. The lowest BCUT2D eigenvalue weighted by atomic mass is 9.84. The number of hydrogen-bond acceptors (Lipinski definition) is 4. The third-order valence-corrected chi connectivity index (χ3v) is 6.70. The summed E-state index contributed by atoms with van der Waals surface area (Å²) < 4.78 is 32.5. The minimum absolute atomic E-state index is 0.0165. The molecular weight excluding hydrogens is 466 g/mol. The maximum Gasteiger partial charge on any atom is 0.275 e. The molecule has 192 valence electrons. The molecule has 0 aliphatic heterocycles. The number of benzene rings is 1. The number of alkyl halides is 2. The number of H-pyrrole nitrogens is 1. The summed E-state index contributed by atoms with van der Waals surface area (Å²) in [7, 11) is 3.37. The van der Waals surface area contributed by atoms with E-state index in [9.17, 15) is 9.59 Å². The van der Waals surface area contributed by atoms with E-state index in [1.165, 1.54) is 13.2 Å². The Labute approximate surface area is 208 Å². The Morgan fingerprint density at radius 1 is 1.17 bits per heavy atom. The molecule has 2 heterocycles. The minimum Gasteiger partial charge on any atom is -0.359 e. The van der Waals surface area contributed by atoms with Crippen molar-refractivity contribution in [2.75, 3.05) is 7.05 Å². The molecule has 1 aromatic carbocycles. The van der Waals surface area contributed by atoms with E-state index in [-0.39, 0.29) is 36.4 Å². The molecule has 1 aliphatic carbocycles. The van der Waals surface area contributed by atoms with Crippen LogP contribution >= 0.6 is 0 Å². The Morgan fingerprint density at radius 2 is 1.89 bits per heavy atom. The number of aryl methyl sites for hydroxylation is 1. The Morgan fingerprint density at radius 3 is 2.50 bits per heavy atom. The molecule has 3 N–H and O–H groups in total. The van der Waals surface area contributed by atoms with Crippen LogP contribution in [0.5, 0.6) is 0 Å². The molecule has 0 unspecified atom stereocenters. The highest BCUT2D eigenvalue weighted by Gasteiger charge is 2.44. The van der Waals surface area contributed by atoms with Gasteiger partial charge in [0.25, 0.3) is 5.92 Å². The van der Waals surface area contributed by atoms with Gasteiger partial charge in [-0.3, -0.25) is 14.3 Å². The van der Waals surface area contributed by atoms with Gasteiger partial charge in [-0.25, -0.2) is 13.8 Å². The number of nitrogens with zero attached hydrogens (tertiary/aromatic N) is 3. The number of halogens is 2. The van der Waals surface area contributed by atoms with Crippen molar-refractivity contribution in [1.82, 2.24) is 30.4 Å². The van der Waals surface area contributed by atoms with Crippen LogP contribution in [0.25, 0.3) is 22.5 Å². The van der Waals surface area contributed by atoms with Crippen molar-refractivity contribution in [2.24, 2.45) is 13.0 Å². The maximum atomic E-state index is 15.4. The van der Waals surface area contributed by atoms with Gasteiger partial charge < -0.3 is 15.6 Å². The van der Waals surface area contributed by atoms with Crippen LogP contribution in [-0.2, 0) is 16.6 Å². The molecule has 1 aliphatic rings. The number of rotatable bonds is 11. The molecule has 36 heavy (non-hydrogen) atoms. The summed E-state index contributed by atoms with van der Waals surface area (Å²) in [5, 5.41) is 9.44. The van der Waals surface area contributed by atoms with E-state index < -0.39 is 18.4 Å². The van der Waals surface area contributed by atoms with Crippen molar-refractivity contribution < 1.29 is 18.4 Å². The van der Waals surface area contributed by atoms with E-state index in [2.05, 4.69) is 25.7 Å². The van der Waals surface area contributed by atoms with Gasteiger partial charge in [-0.1, -0.05) is 30.7 Å². The second-order valence-corrected chi connectivity index (χ2v) is 9.34. The third-order valence-electron chi connectivity index (χ3n) is 6.70. The van der Waals surface area contributed by atoms with Gasteiger partial charge in [0.1, 0.15) is 5.82 Å². The van der Waals surface area contributed by atoms with Crippen molar-refractivity contribution >= 4 is 11.8 Å². The summed E-state index contributed by atoms with van der Waals surface area (Å²) in [5.41, 5.74) is 3.14. The van der Waals surface area contributed by atoms with Crippen molar-refractivity contribution in [1.29, 1.82) is 0 Å². The van der Waals surface area contributed by atoms with Crippen LogP contribution in [0.2, 0.25) is 0 Å². The molecule has 1 atom stereocenters. The van der Waals surface area contributed by atoms with Gasteiger partial charge in [0.05, 0.1) is 17.6 Å². The minimum atomic E-state index is -3.24. The first-order valence-electron chi connectivity index (χ1n) is 12.3. The monoisotopic (exact) mass is 498 g/mol. The second kappa shape index (κ2) is 11.0. The highest BCUT2D eigenvalue weighted by Crippen LogP contribution is 2.37. The fourth-order valence-electron chi connectivity index (χ4n) is 4.24. The Hall–Kier alpha value is -3.56. The molecule has 8 nitrogen and oxygen atoms in total. The highest BCUT2D eigenvalue weighted by atomic mass is 19.3. The number of hydrogen-bond donors (Lipinski definition) is 3. The molecule has 3 aromatic rings. The molecule has 0 spiro atoms. The van der Waals surface area contributed by atoms with Crippen LogP contribution in [0.1, 0.15) is 56.8 Å². The molecule has 1 fully saturated rings. The Kier molecular flexibility index (Phi) is 7.81. The molecule has 0 radical (unpaired) electrons. The first kappa shape index (κ1) is 25.5. The lowest BCUT2D eigenvalue weighted by Gasteiger charge is -2.30. The van der Waals surface area contributed by atoms with Crippen LogP contribution < -0.4 is 10.6 Å². The zero-order chi connectivity index (χ0) is 25.7. The standard InChI is InChI=1S/C26H32F2N6O2/c1-29-22(35)8-3-4-14-26(27,28)23(32-25(36)19-6-5-7-19)24-30-16-21(31-24)18-11-9-17(10-12-18)20-13-15-34(2)33-20/h9-13,15-16,19,23H,3-8,14H2,1-2H3,(H,29,35)(H,30,31)(H,32,36)/t23-/m0/s1. The number of nitrogens with one attached hydrogen (secondary N) is 3. The predicted molar refractivity (Wildman–Crippen MR) is 132 cm³/mol. The summed E-state index contributed by atoms with van der Waals surface area (Å²) in [6.07, 6.45) is 5.93. The highest BCUT2D eigenvalue weighted by molar-refractivity contribution is 5.80. The molecular formula is C26H32F2N6O2. The summed E-state index contributed by atoms with van der Waals surface area (Å²) >= 11 is 0. The van der Waals surface area contributed by atoms with Crippen LogP contribution in [-0.4, -0.2) is 44.5 Å².